The van der Waals surface area contributed by atoms with E-state index in [4.69, 9.17) is 10.6 Å². The van der Waals surface area contributed by atoms with Crippen LogP contribution in [0.3, 0.4) is 0 Å². The third-order valence-electron chi connectivity index (χ3n) is 1.91. The Morgan fingerprint density at radius 3 is 2.62 bits per heavy atom. The smallest absolute Gasteiger partial charge is 0.149 e. The number of nitrogens with two attached hydrogens (primary N) is 1. The molecule has 0 aliphatic rings. The number of hydrazine groups is 1. The van der Waals surface area contributed by atoms with E-state index >= 15 is 0 Å². The van der Waals surface area contributed by atoms with E-state index in [1.165, 1.54) is 11.8 Å². The van der Waals surface area contributed by atoms with Gasteiger partial charge in [0, 0.05) is 7.05 Å². The number of allylic oxidation sites excluding steroid dienone is 3. The molecule has 0 bridgehead atoms. The lowest BCUT2D eigenvalue weighted by atomic mass is 10.1. The van der Waals surface area contributed by atoms with Crippen molar-refractivity contribution in [3.63, 3.8) is 0 Å². The van der Waals surface area contributed by atoms with E-state index in [2.05, 4.69) is 11.0 Å². The van der Waals surface area contributed by atoms with E-state index in [1.54, 1.807) is 13.1 Å². The summed E-state index contributed by atoms with van der Waals surface area (Å²) in [6.07, 6.45) is 8.16. The average molecular weight is 219 g/mol. The first-order valence-electron chi connectivity index (χ1n) is 5.07. The molecule has 0 fully saturated rings. The maximum absolute atomic E-state index is 5.21. The standard InChI is InChI=1S/C12H17N3O/c1-14-15-16-12-8-6-11(7-9-12)5-3-2-4-10-13/h2-4,6-10,14-15H,5,13H2,1H3/b3-2-,10-4-. The minimum atomic E-state index is 0.768. The van der Waals surface area contributed by atoms with Crippen molar-refractivity contribution in [2.45, 2.75) is 6.42 Å². The summed E-state index contributed by atoms with van der Waals surface area (Å²) in [7, 11) is 1.74. The van der Waals surface area contributed by atoms with Crippen LogP contribution in [-0.2, 0) is 6.42 Å². The van der Waals surface area contributed by atoms with Crippen LogP contribution in [0.25, 0.3) is 0 Å². The first-order valence-corrected chi connectivity index (χ1v) is 5.07. The zero-order valence-electron chi connectivity index (χ0n) is 9.31. The van der Waals surface area contributed by atoms with Crippen molar-refractivity contribution in [3.8, 4) is 5.75 Å². The Bertz CT molecular complexity index is 344. The third-order valence-corrected chi connectivity index (χ3v) is 1.91. The predicted octanol–water partition coefficient (Wildman–Crippen LogP) is 1.28. The summed E-state index contributed by atoms with van der Waals surface area (Å²) in [6.45, 7) is 0. The molecule has 86 valence electrons. The van der Waals surface area contributed by atoms with Crippen LogP contribution in [0.5, 0.6) is 5.75 Å². The van der Waals surface area contributed by atoms with Crippen LogP contribution in [0.15, 0.2) is 48.7 Å². The van der Waals surface area contributed by atoms with Crippen LogP contribution < -0.4 is 21.6 Å². The topological polar surface area (TPSA) is 59.3 Å². The highest BCUT2D eigenvalue weighted by Gasteiger charge is 1.93. The Hall–Kier alpha value is -1.78. The summed E-state index contributed by atoms with van der Waals surface area (Å²) in [6, 6.07) is 7.85. The Morgan fingerprint density at radius 2 is 2.00 bits per heavy atom. The molecule has 1 aromatic carbocycles. The zero-order chi connectivity index (χ0) is 11.6. The van der Waals surface area contributed by atoms with Gasteiger partial charge in [0.2, 0.25) is 0 Å². The Kier molecular flexibility index (Phi) is 5.76. The molecule has 0 aliphatic carbocycles. The van der Waals surface area contributed by atoms with E-state index in [0.717, 1.165) is 12.2 Å². The summed E-state index contributed by atoms with van der Waals surface area (Å²) >= 11 is 0. The third kappa shape index (κ3) is 4.63. The van der Waals surface area contributed by atoms with Crippen molar-refractivity contribution in [1.82, 2.24) is 11.0 Å². The molecule has 1 rings (SSSR count). The summed E-state index contributed by atoms with van der Waals surface area (Å²) < 4.78 is 0. The van der Waals surface area contributed by atoms with E-state index in [-0.39, 0.29) is 0 Å². The minimum Gasteiger partial charge on any atom is -0.405 e. The molecular formula is C12H17N3O. The molecule has 0 saturated carbocycles. The van der Waals surface area contributed by atoms with Gasteiger partial charge >= 0.3 is 0 Å². The zero-order valence-corrected chi connectivity index (χ0v) is 9.31. The largest absolute Gasteiger partial charge is 0.405 e. The molecule has 16 heavy (non-hydrogen) atoms. The van der Waals surface area contributed by atoms with Gasteiger partial charge in [-0.15, -0.1) is 0 Å². The first-order chi connectivity index (χ1) is 7.86. The molecule has 4 nitrogen and oxygen atoms in total. The molecule has 0 heterocycles. The van der Waals surface area contributed by atoms with Crippen molar-refractivity contribution in [1.29, 1.82) is 0 Å². The summed E-state index contributed by atoms with van der Waals surface area (Å²) in [5, 5.41) is 0. The van der Waals surface area contributed by atoms with Crippen LogP contribution in [0, 0.1) is 0 Å². The van der Waals surface area contributed by atoms with Crippen LogP contribution in [-0.4, -0.2) is 7.05 Å². The maximum Gasteiger partial charge on any atom is 0.149 e. The molecule has 0 radical (unpaired) electrons. The lowest BCUT2D eigenvalue weighted by Crippen LogP contribution is -2.30. The number of rotatable bonds is 6. The van der Waals surface area contributed by atoms with Gasteiger partial charge in [0.1, 0.15) is 5.75 Å². The summed E-state index contributed by atoms with van der Waals surface area (Å²) in [4.78, 5) is 5.15. The van der Waals surface area contributed by atoms with Crippen LogP contribution >= 0.6 is 0 Å². The molecule has 0 aliphatic heterocycles. The van der Waals surface area contributed by atoms with Gasteiger partial charge in [0.15, 0.2) is 0 Å². The van der Waals surface area contributed by atoms with Crippen molar-refractivity contribution >= 4 is 0 Å². The minimum absolute atomic E-state index is 0.768. The van der Waals surface area contributed by atoms with E-state index in [9.17, 15) is 0 Å². The Morgan fingerprint density at radius 1 is 1.25 bits per heavy atom. The molecule has 0 spiro atoms. The van der Waals surface area contributed by atoms with E-state index in [1.807, 2.05) is 36.4 Å². The fraction of sp³-hybridized carbons (Fsp3) is 0.167. The second kappa shape index (κ2) is 7.50. The molecular weight excluding hydrogens is 202 g/mol. The first kappa shape index (κ1) is 12.3. The summed E-state index contributed by atoms with van der Waals surface area (Å²) in [5.74, 6) is 0.768. The van der Waals surface area contributed by atoms with Crippen LogP contribution in [0.1, 0.15) is 5.56 Å². The normalized spacial score (nSPS) is 11.3. The van der Waals surface area contributed by atoms with Gasteiger partial charge in [-0.1, -0.05) is 29.9 Å². The van der Waals surface area contributed by atoms with Crippen molar-refractivity contribution in [2.75, 3.05) is 7.05 Å². The molecule has 0 aromatic heterocycles. The van der Waals surface area contributed by atoms with Gasteiger partial charge in [0.05, 0.1) is 0 Å². The number of nitrogens with one attached hydrogen (secondary N) is 2. The number of hydrogen-bond acceptors (Lipinski definition) is 4. The SMILES string of the molecule is CNNOc1ccc(C/C=C\C=C/N)cc1. The van der Waals surface area contributed by atoms with Crippen molar-refractivity contribution in [2.24, 2.45) is 5.73 Å². The Balaban J connectivity index is 2.44. The quantitative estimate of drug-likeness (QED) is 0.498. The van der Waals surface area contributed by atoms with Crippen LogP contribution in [0.2, 0.25) is 0 Å². The summed E-state index contributed by atoms with van der Waals surface area (Å²) in [5.41, 5.74) is 11.7. The Labute approximate surface area is 95.7 Å². The lowest BCUT2D eigenvalue weighted by molar-refractivity contribution is 0.160. The molecule has 0 atom stereocenters. The van der Waals surface area contributed by atoms with Gasteiger partial charge in [-0.2, -0.15) is 0 Å². The highest BCUT2D eigenvalue weighted by atomic mass is 16.7. The van der Waals surface area contributed by atoms with Crippen molar-refractivity contribution < 1.29 is 4.84 Å². The number of hydrogen-bond donors (Lipinski definition) is 3. The molecule has 1 aromatic rings. The van der Waals surface area contributed by atoms with Gasteiger partial charge in [-0.25, -0.2) is 5.43 Å². The second-order valence-corrected chi connectivity index (χ2v) is 3.12. The monoisotopic (exact) mass is 219 g/mol. The van der Waals surface area contributed by atoms with Gasteiger partial charge in [0.25, 0.3) is 0 Å². The molecule has 0 amide bonds. The van der Waals surface area contributed by atoms with E-state index in [0.29, 0.717) is 0 Å². The molecule has 4 N–H and O–H groups in total. The lowest BCUT2D eigenvalue weighted by Gasteiger charge is -2.05. The molecule has 4 heteroatoms. The molecule has 0 unspecified atom stereocenters. The van der Waals surface area contributed by atoms with Gasteiger partial charge in [-0.3, -0.25) is 0 Å². The van der Waals surface area contributed by atoms with Crippen LogP contribution in [0.4, 0.5) is 0 Å². The second-order valence-electron chi connectivity index (χ2n) is 3.12. The maximum atomic E-state index is 5.21. The predicted molar refractivity (Wildman–Crippen MR) is 65.4 cm³/mol. The number of benzene rings is 1. The van der Waals surface area contributed by atoms with E-state index < -0.39 is 0 Å². The van der Waals surface area contributed by atoms with Gasteiger partial charge < -0.3 is 10.6 Å². The highest BCUT2D eigenvalue weighted by Crippen LogP contribution is 2.11. The average Bonchev–Trinajstić information content (AvgIpc) is 2.33. The molecule has 0 saturated heterocycles. The fourth-order valence-electron chi connectivity index (χ4n) is 1.15. The fourth-order valence-corrected chi connectivity index (χ4v) is 1.15. The highest BCUT2D eigenvalue weighted by molar-refractivity contribution is 5.28. The van der Waals surface area contributed by atoms with Gasteiger partial charge in [-0.05, 0) is 36.4 Å². The van der Waals surface area contributed by atoms with Crippen molar-refractivity contribution in [3.05, 3.63) is 54.3 Å².